The van der Waals surface area contributed by atoms with E-state index < -0.39 is 0 Å². The molecule has 0 spiro atoms. The third kappa shape index (κ3) is 7.70. The normalized spacial score (nSPS) is 22.2. The molecule has 0 saturated heterocycles. The number of hydrogen-bond acceptors (Lipinski definition) is 4. The molecule has 8 heteroatoms. The van der Waals surface area contributed by atoms with Crippen LogP contribution < -0.4 is 9.80 Å². The van der Waals surface area contributed by atoms with E-state index in [0.717, 1.165) is 52.2 Å². The molecule has 2 amide bonds. The molecule has 0 radical (unpaired) electrons. The summed E-state index contributed by atoms with van der Waals surface area (Å²) in [7, 11) is 1.76. The van der Waals surface area contributed by atoms with Gasteiger partial charge >= 0.3 is 0 Å². The van der Waals surface area contributed by atoms with Crippen LogP contribution in [0, 0.1) is 11.8 Å². The van der Waals surface area contributed by atoms with Gasteiger partial charge in [-0.1, -0.05) is 83.9 Å². The van der Waals surface area contributed by atoms with Crippen molar-refractivity contribution < 1.29 is 19.4 Å². The maximum atomic E-state index is 12.3. The Morgan fingerprint density at radius 1 is 0.667 bits per heavy atom. The van der Waals surface area contributed by atoms with Crippen molar-refractivity contribution in [1.29, 1.82) is 0 Å². The standard InChI is InChI=1S/C22H22ClNO2.C21H20ClNO2/c1-14(25)24-12-18-9-16(21-11-19(21)13-26-2)5-3-15(18)4-6-17-10-20(23)7-8-22(17)24;1-13(25)23-11-17-8-15(20-10-18(20)12-24)4-2-14(17)3-5-16-9-19(22)6-7-21(16)23/h3-10,19,21H,11-13H2,1-2H3;2-9,18,20,24H,10-12H2,1H3/b6-4-;5-3-/t19-,21-;18-,20-/m11/s1. The Bertz CT molecular complexity index is 2060. The molecule has 2 heterocycles. The second kappa shape index (κ2) is 14.8. The number of benzene rings is 4. The van der Waals surface area contributed by atoms with Crippen LogP contribution in [0.4, 0.5) is 11.4 Å². The fraction of sp³-hybridized carbons (Fsp3) is 0.302. The number of amides is 2. The van der Waals surface area contributed by atoms with Crippen molar-refractivity contribution in [2.24, 2.45) is 11.8 Å². The van der Waals surface area contributed by atoms with Gasteiger partial charge in [0.15, 0.2) is 0 Å². The summed E-state index contributed by atoms with van der Waals surface area (Å²) in [6.07, 6.45) is 10.5. The molecule has 2 fully saturated rings. The van der Waals surface area contributed by atoms with Crippen LogP contribution in [-0.2, 0) is 27.4 Å². The Hall–Kier alpha value is -4.20. The summed E-state index contributed by atoms with van der Waals surface area (Å²) in [6.45, 7) is 5.37. The quantitative estimate of drug-likeness (QED) is 0.223. The van der Waals surface area contributed by atoms with Gasteiger partial charge in [-0.25, -0.2) is 0 Å². The van der Waals surface area contributed by atoms with Gasteiger partial charge in [-0.05, 0) is 117 Å². The van der Waals surface area contributed by atoms with Gasteiger partial charge in [0.25, 0.3) is 0 Å². The summed E-state index contributed by atoms with van der Waals surface area (Å²) in [5, 5.41) is 10.7. The molecule has 1 N–H and O–H groups in total. The zero-order chi connectivity index (χ0) is 35.8. The number of aliphatic hydroxyl groups excluding tert-OH is 1. The molecule has 2 aliphatic carbocycles. The highest BCUT2D eigenvalue weighted by Crippen LogP contribution is 2.49. The lowest BCUT2D eigenvalue weighted by Crippen LogP contribution is -2.29. The molecular formula is C43H42Cl2N2O4. The highest BCUT2D eigenvalue weighted by Gasteiger charge is 2.39. The molecule has 8 rings (SSSR count). The van der Waals surface area contributed by atoms with Crippen molar-refractivity contribution in [2.75, 3.05) is 30.1 Å². The van der Waals surface area contributed by atoms with Gasteiger partial charge in [0.05, 0.1) is 24.5 Å². The van der Waals surface area contributed by atoms with Crippen molar-refractivity contribution >= 4 is 70.7 Å². The molecule has 2 aliphatic heterocycles. The largest absolute Gasteiger partial charge is 0.396 e. The predicted octanol–water partition coefficient (Wildman–Crippen LogP) is 9.60. The van der Waals surface area contributed by atoms with Crippen LogP contribution in [0.15, 0.2) is 72.8 Å². The minimum atomic E-state index is 0.00915. The maximum Gasteiger partial charge on any atom is 0.224 e. The average molecular weight is 722 g/mol. The Kier molecular flexibility index (Phi) is 10.2. The molecule has 262 valence electrons. The van der Waals surface area contributed by atoms with Crippen LogP contribution in [-0.4, -0.2) is 37.2 Å². The van der Waals surface area contributed by atoms with E-state index in [9.17, 15) is 14.7 Å². The average Bonchev–Trinajstić information content (AvgIpc) is 4.03. The summed E-state index contributed by atoms with van der Waals surface area (Å²) in [6, 6.07) is 24.4. The van der Waals surface area contributed by atoms with E-state index in [-0.39, 0.29) is 18.4 Å². The summed E-state index contributed by atoms with van der Waals surface area (Å²) >= 11 is 12.3. The van der Waals surface area contributed by atoms with Crippen LogP contribution in [0.1, 0.15) is 83.0 Å². The SMILES string of the molecule is CC(=O)N1Cc2cc([C@H]3C[C@@H]3CO)ccc2/C=C\c2cc(Cl)ccc21.COC[C@H]1C[C@@H]1c1ccc2c(c1)CN(C(C)=O)c1ccc(Cl)cc1/C=C\2. The van der Waals surface area contributed by atoms with Gasteiger partial charge in [-0.2, -0.15) is 0 Å². The molecule has 0 bridgehead atoms. The first-order valence-electron chi connectivity index (χ1n) is 17.5. The van der Waals surface area contributed by atoms with Gasteiger partial charge in [-0.3, -0.25) is 9.59 Å². The molecule has 4 atom stereocenters. The second-order valence-corrected chi connectivity index (χ2v) is 14.9. The minimum absolute atomic E-state index is 0.00915. The number of carbonyl (C=O) groups excluding carboxylic acids is 2. The van der Waals surface area contributed by atoms with Crippen molar-refractivity contribution in [3.8, 4) is 0 Å². The number of aliphatic hydroxyl groups is 1. The molecule has 4 aromatic carbocycles. The smallest absolute Gasteiger partial charge is 0.224 e. The first-order valence-corrected chi connectivity index (χ1v) is 18.3. The summed E-state index contributed by atoms with van der Waals surface area (Å²) in [5.41, 5.74) is 10.9. The Morgan fingerprint density at radius 2 is 1.12 bits per heavy atom. The van der Waals surface area contributed by atoms with E-state index in [4.69, 9.17) is 27.9 Å². The number of halogens is 2. The van der Waals surface area contributed by atoms with Gasteiger partial charge in [0.2, 0.25) is 11.8 Å². The van der Waals surface area contributed by atoms with Crippen molar-refractivity contribution in [2.45, 2.75) is 51.6 Å². The monoisotopic (exact) mass is 720 g/mol. The Morgan fingerprint density at radius 3 is 1.55 bits per heavy atom. The number of nitrogens with zero attached hydrogens (tertiary/aromatic N) is 2. The number of carbonyl (C=O) groups is 2. The van der Waals surface area contributed by atoms with E-state index in [1.165, 1.54) is 23.1 Å². The number of fused-ring (bicyclic) bond motifs is 4. The number of methoxy groups -OCH3 is 1. The molecule has 0 aromatic heterocycles. The maximum absolute atomic E-state index is 12.3. The number of hydrogen-bond donors (Lipinski definition) is 1. The molecular weight excluding hydrogens is 679 g/mol. The van der Waals surface area contributed by atoms with E-state index in [2.05, 4.69) is 48.6 Å². The van der Waals surface area contributed by atoms with Crippen LogP contribution in [0.2, 0.25) is 10.0 Å². The van der Waals surface area contributed by atoms with Crippen LogP contribution >= 0.6 is 23.2 Å². The molecule has 6 nitrogen and oxygen atoms in total. The molecule has 4 aromatic rings. The number of rotatable bonds is 5. The number of anilines is 2. The summed E-state index contributed by atoms with van der Waals surface area (Å²) < 4.78 is 5.29. The lowest BCUT2D eigenvalue weighted by Gasteiger charge is -2.26. The Balaban J connectivity index is 0.000000159. The zero-order valence-electron chi connectivity index (χ0n) is 29.1. The molecule has 4 aliphatic rings. The summed E-state index contributed by atoms with van der Waals surface area (Å²) in [4.78, 5) is 28.3. The highest BCUT2D eigenvalue weighted by molar-refractivity contribution is 6.31. The van der Waals surface area contributed by atoms with Gasteiger partial charge in [-0.15, -0.1) is 0 Å². The van der Waals surface area contributed by atoms with E-state index >= 15 is 0 Å². The third-order valence-electron chi connectivity index (χ3n) is 10.5. The molecule has 51 heavy (non-hydrogen) atoms. The Labute approximate surface area is 309 Å². The van der Waals surface area contributed by atoms with E-state index in [0.29, 0.717) is 46.8 Å². The van der Waals surface area contributed by atoms with Crippen molar-refractivity contribution in [1.82, 2.24) is 0 Å². The zero-order valence-corrected chi connectivity index (χ0v) is 30.6. The van der Waals surface area contributed by atoms with E-state index in [1.807, 2.05) is 53.5 Å². The fourth-order valence-corrected chi connectivity index (χ4v) is 7.83. The molecule has 0 unspecified atom stereocenters. The predicted molar refractivity (Wildman–Crippen MR) is 208 cm³/mol. The number of ether oxygens (including phenoxy) is 1. The van der Waals surface area contributed by atoms with E-state index in [1.54, 1.807) is 25.9 Å². The van der Waals surface area contributed by atoms with Crippen LogP contribution in [0.25, 0.3) is 24.3 Å². The van der Waals surface area contributed by atoms with Crippen LogP contribution in [0.5, 0.6) is 0 Å². The van der Waals surface area contributed by atoms with Crippen molar-refractivity contribution in [3.05, 3.63) is 127 Å². The lowest BCUT2D eigenvalue weighted by molar-refractivity contribution is -0.117. The minimum Gasteiger partial charge on any atom is -0.396 e. The highest BCUT2D eigenvalue weighted by atomic mass is 35.5. The first kappa shape index (κ1) is 35.2. The summed E-state index contributed by atoms with van der Waals surface area (Å²) in [5.74, 6) is 2.06. The van der Waals surface area contributed by atoms with Gasteiger partial charge in [0.1, 0.15) is 0 Å². The molecule has 2 saturated carbocycles. The van der Waals surface area contributed by atoms with Crippen LogP contribution in [0.3, 0.4) is 0 Å². The van der Waals surface area contributed by atoms with Gasteiger partial charge in [0, 0.05) is 44.2 Å². The second-order valence-electron chi connectivity index (χ2n) is 14.0. The first-order chi connectivity index (χ1) is 24.6. The lowest BCUT2D eigenvalue weighted by atomic mass is 9.97. The van der Waals surface area contributed by atoms with Crippen molar-refractivity contribution in [3.63, 3.8) is 0 Å². The van der Waals surface area contributed by atoms with Gasteiger partial charge < -0.3 is 19.6 Å². The third-order valence-corrected chi connectivity index (χ3v) is 11.0. The topological polar surface area (TPSA) is 70.1 Å². The fourth-order valence-electron chi connectivity index (χ4n) is 7.46.